The van der Waals surface area contributed by atoms with E-state index in [9.17, 15) is 12.9 Å². The first-order valence-corrected chi connectivity index (χ1v) is 4.98. The van der Waals surface area contributed by atoms with Gasteiger partial charge >= 0.3 is 58.4 Å². The third-order valence-corrected chi connectivity index (χ3v) is 3.06. The van der Waals surface area contributed by atoms with Gasteiger partial charge in [-0.1, -0.05) is 12.2 Å². The maximum absolute atomic E-state index is 12.3. The van der Waals surface area contributed by atoms with Gasteiger partial charge in [0.1, 0.15) is 0 Å². The molecule has 1 aliphatic heterocycles. The molecule has 2 fully saturated rings. The SMILES string of the molecule is F[B-](F)(F)C1CCN(CC2CC2)C1.[K+]. The molecule has 1 atom stereocenters. The van der Waals surface area contributed by atoms with Gasteiger partial charge < -0.3 is 17.8 Å². The predicted octanol–water partition coefficient (Wildman–Crippen LogP) is -0.676. The Morgan fingerprint density at radius 1 is 1.14 bits per heavy atom. The number of hydrogen-bond acceptors (Lipinski definition) is 1. The van der Waals surface area contributed by atoms with Crippen molar-refractivity contribution in [2.45, 2.75) is 25.1 Å². The van der Waals surface area contributed by atoms with Gasteiger partial charge in [-0.2, -0.15) is 0 Å². The van der Waals surface area contributed by atoms with Crippen molar-refractivity contribution in [2.24, 2.45) is 5.92 Å². The van der Waals surface area contributed by atoms with Crippen LogP contribution in [0.3, 0.4) is 0 Å². The van der Waals surface area contributed by atoms with Crippen molar-refractivity contribution in [3.8, 4) is 0 Å². The molecule has 1 saturated heterocycles. The molecule has 0 radical (unpaired) electrons. The third-order valence-electron chi connectivity index (χ3n) is 3.06. The first-order valence-electron chi connectivity index (χ1n) is 4.98. The van der Waals surface area contributed by atoms with E-state index in [0.29, 0.717) is 18.9 Å². The van der Waals surface area contributed by atoms with Crippen LogP contribution in [0.2, 0.25) is 5.82 Å². The van der Waals surface area contributed by atoms with E-state index in [4.69, 9.17) is 0 Å². The minimum absolute atomic E-state index is 0. The van der Waals surface area contributed by atoms with E-state index >= 15 is 0 Å². The first kappa shape index (κ1) is 13.5. The molecule has 0 aromatic carbocycles. The van der Waals surface area contributed by atoms with E-state index in [1.807, 2.05) is 4.90 Å². The second kappa shape index (κ2) is 5.19. The van der Waals surface area contributed by atoms with Crippen LogP contribution in [-0.4, -0.2) is 31.5 Å². The number of hydrogen-bond donors (Lipinski definition) is 0. The Morgan fingerprint density at radius 3 is 2.21 bits per heavy atom. The van der Waals surface area contributed by atoms with Crippen molar-refractivity contribution in [2.75, 3.05) is 19.6 Å². The maximum atomic E-state index is 12.3. The summed E-state index contributed by atoms with van der Waals surface area (Å²) in [7, 11) is 0. The predicted molar refractivity (Wildman–Crippen MR) is 46.6 cm³/mol. The van der Waals surface area contributed by atoms with Crippen molar-refractivity contribution in [1.82, 2.24) is 4.90 Å². The third kappa shape index (κ3) is 3.79. The Balaban J connectivity index is 0.000000980. The second-order valence-electron chi connectivity index (χ2n) is 4.38. The molecule has 1 aliphatic carbocycles. The van der Waals surface area contributed by atoms with Crippen molar-refractivity contribution in [3.63, 3.8) is 0 Å². The van der Waals surface area contributed by atoms with E-state index in [1.54, 1.807) is 0 Å². The topological polar surface area (TPSA) is 3.24 Å². The molecule has 1 saturated carbocycles. The molecular formula is C8H14BF3KN. The Kier molecular flexibility index (Phi) is 5.01. The molecule has 0 aromatic rings. The smallest absolute Gasteiger partial charge is 0.449 e. The summed E-state index contributed by atoms with van der Waals surface area (Å²) in [5, 5.41) is 0. The van der Waals surface area contributed by atoms with E-state index in [1.165, 1.54) is 12.8 Å². The van der Waals surface area contributed by atoms with Gasteiger partial charge in [0.15, 0.2) is 0 Å². The normalized spacial score (nSPS) is 28.9. The van der Waals surface area contributed by atoms with Crippen molar-refractivity contribution in [1.29, 1.82) is 0 Å². The number of rotatable bonds is 3. The van der Waals surface area contributed by atoms with Gasteiger partial charge in [0.2, 0.25) is 0 Å². The van der Waals surface area contributed by atoms with Crippen LogP contribution in [0.4, 0.5) is 12.9 Å². The molecule has 1 heterocycles. The largest absolute Gasteiger partial charge is 1.00 e. The average Bonchev–Trinajstić information content (AvgIpc) is 2.63. The summed E-state index contributed by atoms with van der Waals surface area (Å²) in [6.07, 6.45) is 2.77. The molecule has 0 amide bonds. The fourth-order valence-corrected chi connectivity index (χ4v) is 2.00. The Labute approximate surface area is 125 Å². The fraction of sp³-hybridized carbons (Fsp3) is 1.00. The number of likely N-dealkylation sites (tertiary alicyclic amines) is 1. The summed E-state index contributed by atoms with van der Waals surface area (Å²) < 4.78 is 37.0. The first-order chi connectivity index (χ1) is 6.05. The van der Waals surface area contributed by atoms with Gasteiger partial charge in [-0.3, -0.25) is 0 Å². The van der Waals surface area contributed by atoms with Crippen LogP contribution in [-0.2, 0) is 0 Å². The van der Waals surface area contributed by atoms with E-state index in [-0.39, 0.29) is 57.9 Å². The van der Waals surface area contributed by atoms with Crippen LogP contribution in [0.5, 0.6) is 0 Å². The molecule has 1 unspecified atom stereocenters. The zero-order chi connectivity index (χ0) is 9.47. The van der Waals surface area contributed by atoms with E-state index in [0.717, 1.165) is 6.54 Å². The Hall–Kier alpha value is 1.45. The average molecular weight is 231 g/mol. The van der Waals surface area contributed by atoms with Crippen LogP contribution in [0, 0.1) is 5.92 Å². The van der Waals surface area contributed by atoms with Gasteiger partial charge in [0.05, 0.1) is 0 Å². The molecular weight excluding hydrogens is 217 g/mol. The van der Waals surface area contributed by atoms with Crippen LogP contribution in [0.25, 0.3) is 0 Å². The second-order valence-corrected chi connectivity index (χ2v) is 4.38. The number of nitrogens with zero attached hydrogens (tertiary/aromatic N) is 1. The molecule has 2 aliphatic rings. The summed E-state index contributed by atoms with van der Waals surface area (Å²) in [6.45, 7) is -2.76. The molecule has 14 heavy (non-hydrogen) atoms. The summed E-state index contributed by atoms with van der Waals surface area (Å²) >= 11 is 0. The molecule has 0 N–H and O–H groups in total. The van der Waals surface area contributed by atoms with Gasteiger partial charge in [0, 0.05) is 6.54 Å². The van der Waals surface area contributed by atoms with Gasteiger partial charge in [-0.05, 0) is 31.8 Å². The quantitative estimate of drug-likeness (QED) is 0.582. The molecule has 76 valence electrons. The zero-order valence-corrected chi connectivity index (χ0v) is 11.7. The summed E-state index contributed by atoms with van der Waals surface area (Å²) in [6, 6.07) is 0. The Bertz CT molecular complexity index is 196. The molecule has 6 heteroatoms. The van der Waals surface area contributed by atoms with Crippen LogP contribution < -0.4 is 51.4 Å². The minimum Gasteiger partial charge on any atom is -0.449 e. The fourth-order valence-electron chi connectivity index (χ4n) is 2.00. The summed E-state index contributed by atoms with van der Waals surface area (Å²) in [5.74, 6) is -0.293. The standard InChI is InChI=1S/C8H14BF3N.K/c10-9(11,12)8-3-4-13(6-8)5-7-1-2-7;/h7-8H,1-6H2;/q-1;+1. The van der Waals surface area contributed by atoms with Crippen LogP contribution in [0.15, 0.2) is 0 Å². The van der Waals surface area contributed by atoms with Gasteiger partial charge in [-0.15, -0.1) is 0 Å². The maximum Gasteiger partial charge on any atom is 1.00 e. The Morgan fingerprint density at radius 2 is 1.79 bits per heavy atom. The van der Waals surface area contributed by atoms with Crippen molar-refractivity contribution >= 4 is 6.98 Å². The molecule has 0 bridgehead atoms. The minimum atomic E-state index is -4.59. The summed E-state index contributed by atoms with van der Waals surface area (Å²) in [4.78, 5) is 1.98. The van der Waals surface area contributed by atoms with Crippen molar-refractivity contribution in [3.05, 3.63) is 0 Å². The molecule has 1 nitrogen and oxygen atoms in total. The molecule has 0 spiro atoms. The van der Waals surface area contributed by atoms with Gasteiger partial charge in [-0.25, -0.2) is 0 Å². The van der Waals surface area contributed by atoms with Crippen LogP contribution in [0.1, 0.15) is 19.3 Å². The van der Waals surface area contributed by atoms with E-state index in [2.05, 4.69) is 0 Å². The van der Waals surface area contributed by atoms with Crippen molar-refractivity contribution < 1.29 is 64.3 Å². The monoisotopic (exact) mass is 231 g/mol. The molecule has 0 aromatic heterocycles. The van der Waals surface area contributed by atoms with E-state index < -0.39 is 12.8 Å². The number of halogens is 3. The van der Waals surface area contributed by atoms with Gasteiger partial charge in [0.25, 0.3) is 0 Å². The van der Waals surface area contributed by atoms with Crippen LogP contribution >= 0.6 is 0 Å². The molecule has 2 rings (SSSR count). The zero-order valence-electron chi connectivity index (χ0n) is 8.56. The summed E-state index contributed by atoms with van der Waals surface area (Å²) in [5.41, 5.74) is 0.